The number of benzene rings is 1. The quantitative estimate of drug-likeness (QED) is 0.432. The first kappa shape index (κ1) is 25.2. The fourth-order valence-electron chi connectivity index (χ4n) is 5.11. The standard InChI is InChI=1S/C26H33N7O3S/c1-17-7-8-20(34)18(2)24(17)29-25(36)21-15-27-26(37-21)28-22-9-10-33(30-22)16-23(35)32-13-11-31(12-14-32)19-5-3-4-6-19/h7-10,15,19,34H,3-6,11-14,16H2,1-2H3,(H,29,36)(H,27,28,30). The van der Waals surface area contributed by atoms with Gasteiger partial charge in [-0.15, -0.1) is 0 Å². The molecule has 1 saturated heterocycles. The molecule has 2 aromatic heterocycles. The highest BCUT2D eigenvalue weighted by atomic mass is 32.1. The average Bonchev–Trinajstić information content (AvgIpc) is 3.67. The summed E-state index contributed by atoms with van der Waals surface area (Å²) in [5.74, 6) is 0.464. The van der Waals surface area contributed by atoms with Crippen LogP contribution in [0.15, 0.2) is 30.6 Å². The van der Waals surface area contributed by atoms with Crippen molar-refractivity contribution in [2.45, 2.75) is 52.1 Å². The van der Waals surface area contributed by atoms with E-state index in [4.69, 9.17) is 0 Å². The average molecular weight is 524 g/mol. The molecule has 10 nitrogen and oxygen atoms in total. The maximum absolute atomic E-state index is 12.8. The molecular weight excluding hydrogens is 490 g/mol. The third-order valence-corrected chi connectivity index (χ3v) is 8.21. The summed E-state index contributed by atoms with van der Waals surface area (Å²) in [7, 11) is 0. The minimum absolute atomic E-state index is 0.0754. The fourth-order valence-corrected chi connectivity index (χ4v) is 5.83. The van der Waals surface area contributed by atoms with Crippen LogP contribution in [0.5, 0.6) is 5.75 Å². The maximum atomic E-state index is 12.8. The lowest BCUT2D eigenvalue weighted by Gasteiger charge is -2.38. The zero-order valence-electron chi connectivity index (χ0n) is 21.2. The van der Waals surface area contributed by atoms with Crippen molar-refractivity contribution in [1.29, 1.82) is 0 Å². The molecule has 5 rings (SSSR count). The van der Waals surface area contributed by atoms with Crippen molar-refractivity contribution in [3.05, 3.63) is 46.6 Å². The first-order valence-corrected chi connectivity index (χ1v) is 13.6. The minimum atomic E-state index is -0.300. The lowest BCUT2D eigenvalue weighted by molar-refractivity contribution is -0.134. The highest BCUT2D eigenvalue weighted by Gasteiger charge is 2.28. The third-order valence-electron chi connectivity index (χ3n) is 7.29. The molecule has 0 spiro atoms. The largest absolute Gasteiger partial charge is 0.508 e. The highest BCUT2D eigenvalue weighted by molar-refractivity contribution is 7.17. The minimum Gasteiger partial charge on any atom is -0.508 e. The van der Waals surface area contributed by atoms with Gasteiger partial charge in [-0.3, -0.25) is 19.2 Å². The van der Waals surface area contributed by atoms with Crippen LogP contribution in [-0.4, -0.2) is 73.7 Å². The van der Waals surface area contributed by atoms with Crippen molar-refractivity contribution in [2.24, 2.45) is 0 Å². The van der Waals surface area contributed by atoms with Crippen molar-refractivity contribution in [3.63, 3.8) is 0 Å². The Labute approximate surface area is 220 Å². The topological polar surface area (TPSA) is 116 Å². The summed E-state index contributed by atoms with van der Waals surface area (Å²) in [6, 6.07) is 5.86. The molecule has 3 aromatic rings. The molecule has 2 aliphatic rings. The number of aromatic hydroxyl groups is 1. The van der Waals surface area contributed by atoms with E-state index in [0.29, 0.717) is 33.1 Å². The highest BCUT2D eigenvalue weighted by Crippen LogP contribution is 2.30. The molecule has 1 aliphatic heterocycles. The van der Waals surface area contributed by atoms with Crippen LogP contribution in [0.3, 0.4) is 0 Å². The van der Waals surface area contributed by atoms with Gasteiger partial charge in [0, 0.05) is 50.0 Å². The Morgan fingerprint density at radius 2 is 1.86 bits per heavy atom. The second-order valence-corrected chi connectivity index (χ2v) is 10.8. The van der Waals surface area contributed by atoms with Gasteiger partial charge in [0.1, 0.15) is 17.2 Å². The smallest absolute Gasteiger partial charge is 0.267 e. The third kappa shape index (κ3) is 5.78. The van der Waals surface area contributed by atoms with E-state index in [9.17, 15) is 14.7 Å². The molecule has 3 heterocycles. The number of hydrogen-bond acceptors (Lipinski definition) is 8. The van der Waals surface area contributed by atoms with Crippen molar-refractivity contribution in [3.8, 4) is 5.75 Å². The van der Waals surface area contributed by atoms with Crippen LogP contribution in [0, 0.1) is 13.8 Å². The van der Waals surface area contributed by atoms with Crippen LogP contribution in [0.25, 0.3) is 0 Å². The number of thiazole rings is 1. The molecule has 3 N–H and O–H groups in total. The predicted molar refractivity (Wildman–Crippen MR) is 144 cm³/mol. The van der Waals surface area contributed by atoms with Crippen LogP contribution < -0.4 is 10.6 Å². The molecular formula is C26H33N7O3S. The summed E-state index contributed by atoms with van der Waals surface area (Å²) < 4.78 is 1.63. The molecule has 0 bridgehead atoms. The molecule has 1 saturated carbocycles. The van der Waals surface area contributed by atoms with Crippen LogP contribution in [0.4, 0.5) is 16.6 Å². The maximum Gasteiger partial charge on any atom is 0.267 e. The van der Waals surface area contributed by atoms with Crippen molar-refractivity contribution >= 4 is 39.8 Å². The van der Waals surface area contributed by atoms with E-state index in [1.54, 1.807) is 36.0 Å². The van der Waals surface area contributed by atoms with E-state index in [2.05, 4.69) is 25.6 Å². The number of nitrogens with zero attached hydrogens (tertiary/aromatic N) is 5. The fraction of sp³-hybridized carbons (Fsp3) is 0.462. The number of phenols is 1. The zero-order valence-corrected chi connectivity index (χ0v) is 22.1. The van der Waals surface area contributed by atoms with E-state index in [0.717, 1.165) is 31.7 Å². The molecule has 0 unspecified atom stereocenters. The Morgan fingerprint density at radius 3 is 2.62 bits per heavy atom. The molecule has 11 heteroatoms. The number of hydrogen-bond donors (Lipinski definition) is 3. The summed E-state index contributed by atoms with van der Waals surface area (Å²) in [5, 5.41) is 20.9. The van der Waals surface area contributed by atoms with E-state index < -0.39 is 0 Å². The van der Waals surface area contributed by atoms with Gasteiger partial charge in [0.25, 0.3) is 5.91 Å². The van der Waals surface area contributed by atoms with Crippen LogP contribution in [-0.2, 0) is 11.3 Å². The van der Waals surface area contributed by atoms with Gasteiger partial charge in [0.15, 0.2) is 10.9 Å². The number of piperazine rings is 1. The number of aromatic nitrogens is 3. The van der Waals surface area contributed by atoms with Gasteiger partial charge in [-0.05, 0) is 38.3 Å². The van der Waals surface area contributed by atoms with Gasteiger partial charge in [-0.1, -0.05) is 30.2 Å². The van der Waals surface area contributed by atoms with Crippen LogP contribution in [0.1, 0.15) is 46.5 Å². The van der Waals surface area contributed by atoms with E-state index in [-0.39, 0.29) is 24.1 Å². The molecule has 2 fully saturated rings. The van der Waals surface area contributed by atoms with Crippen LogP contribution >= 0.6 is 11.3 Å². The van der Waals surface area contributed by atoms with Gasteiger partial charge < -0.3 is 20.6 Å². The Kier molecular flexibility index (Phi) is 7.43. The number of rotatable bonds is 7. The number of anilines is 3. The second kappa shape index (κ2) is 10.9. The van der Waals surface area contributed by atoms with Gasteiger partial charge in [-0.25, -0.2) is 4.98 Å². The summed E-state index contributed by atoms with van der Waals surface area (Å²) >= 11 is 1.20. The van der Waals surface area contributed by atoms with Gasteiger partial charge in [-0.2, -0.15) is 5.10 Å². The Bertz CT molecular complexity index is 1270. The first-order chi connectivity index (χ1) is 17.9. The molecule has 2 amide bonds. The molecule has 0 radical (unpaired) electrons. The van der Waals surface area contributed by atoms with E-state index in [1.807, 2.05) is 11.8 Å². The molecule has 1 aliphatic carbocycles. The summed E-state index contributed by atoms with van der Waals surface area (Å²) in [6.45, 7) is 7.27. The number of carbonyl (C=O) groups is 2. The number of nitrogens with one attached hydrogen (secondary N) is 2. The normalized spacial score (nSPS) is 16.8. The van der Waals surface area contributed by atoms with Gasteiger partial charge >= 0.3 is 0 Å². The number of phenolic OH excluding ortho intramolecular Hbond substituents is 1. The van der Waals surface area contributed by atoms with Crippen molar-refractivity contribution < 1.29 is 14.7 Å². The zero-order chi connectivity index (χ0) is 25.9. The monoisotopic (exact) mass is 523 g/mol. The number of amides is 2. The van der Waals surface area contributed by atoms with Crippen LogP contribution in [0.2, 0.25) is 0 Å². The van der Waals surface area contributed by atoms with Gasteiger partial charge in [0.2, 0.25) is 5.91 Å². The first-order valence-electron chi connectivity index (χ1n) is 12.8. The number of aryl methyl sites for hydroxylation is 1. The summed E-state index contributed by atoms with van der Waals surface area (Å²) in [5.41, 5.74) is 2.07. The lowest BCUT2D eigenvalue weighted by Crippen LogP contribution is -2.52. The number of carbonyl (C=O) groups excluding carboxylic acids is 2. The van der Waals surface area contributed by atoms with Gasteiger partial charge in [0.05, 0.1) is 11.9 Å². The molecule has 196 valence electrons. The SMILES string of the molecule is Cc1ccc(O)c(C)c1NC(=O)c1cnc(Nc2ccn(CC(=O)N3CCN(C4CCCC4)CC3)n2)s1. The summed E-state index contributed by atoms with van der Waals surface area (Å²) in [6.07, 6.45) is 8.50. The van der Waals surface area contributed by atoms with E-state index in [1.165, 1.54) is 43.2 Å². The van der Waals surface area contributed by atoms with E-state index >= 15 is 0 Å². The Morgan fingerprint density at radius 1 is 1.11 bits per heavy atom. The Balaban J connectivity index is 1.13. The Hall–Kier alpha value is -3.44. The van der Waals surface area contributed by atoms with Crippen molar-refractivity contribution in [1.82, 2.24) is 24.6 Å². The second-order valence-electron chi connectivity index (χ2n) is 9.76. The molecule has 37 heavy (non-hydrogen) atoms. The predicted octanol–water partition coefficient (Wildman–Crippen LogP) is 3.74. The van der Waals surface area contributed by atoms with Crippen molar-refractivity contribution in [2.75, 3.05) is 36.8 Å². The summed E-state index contributed by atoms with van der Waals surface area (Å²) in [4.78, 5) is 34.8. The molecule has 0 atom stereocenters. The molecule has 1 aromatic carbocycles. The lowest BCUT2D eigenvalue weighted by atomic mass is 10.1.